The Kier molecular flexibility index (Phi) is 3.28. The van der Waals surface area contributed by atoms with Crippen LogP contribution >= 0.6 is 11.3 Å². The molecule has 0 aliphatic heterocycles. The summed E-state index contributed by atoms with van der Waals surface area (Å²) in [5.41, 5.74) is 2.71. The molecule has 0 saturated carbocycles. The number of nitrogens with zero attached hydrogens (tertiary/aromatic N) is 3. The van der Waals surface area contributed by atoms with Crippen LogP contribution in [0.5, 0.6) is 0 Å². The number of thiophene rings is 1. The fourth-order valence-corrected chi connectivity index (χ4v) is 3.12. The lowest BCUT2D eigenvalue weighted by molar-refractivity contribution is 0.0788. The molecule has 0 aliphatic rings. The summed E-state index contributed by atoms with van der Waals surface area (Å²) in [5, 5.41) is 6.26. The molecule has 3 aromatic rings. The van der Waals surface area contributed by atoms with E-state index in [4.69, 9.17) is 0 Å². The van der Waals surface area contributed by atoms with Crippen LogP contribution in [0.2, 0.25) is 0 Å². The Morgan fingerprint density at radius 3 is 3.00 bits per heavy atom. The van der Waals surface area contributed by atoms with E-state index in [1.54, 1.807) is 26.9 Å². The average Bonchev–Trinajstić information content (AvgIpc) is 3.05. The SMILES string of the molecule is Cc1ccsc1CN(C)C(=O)c1cnn2ccccc12. The maximum Gasteiger partial charge on any atom is 0.257 e. The molecule has 20 heavy (non-hydrogen) atoms. The number of pyridine rings is 1. The number of rotatable bonds is 3. The molecule has 3 aromatic heterocycles. The first-order chi connectivity index (χ1) is 9.66. The Labute approximate surface area is 121 Å². The Morgan fingerprint density at radius 2 is 2.25 bits per heavy atom. The van der Waals surface area contributed by atoms with E-state index >= 15 is 0 Å². The molecule has 0 saturated heterocycles. The van der Waals surface area contributed by atoms with Crippen LogP contribution in [0.3, 0.4) is 0 Å². The summed E-state index contributed by atoms with van der Waals surface area (Å²) in [6.45, 7) is 2.70. The first-order valence-electron chi connectivity index (χ1n) is 6.37. The molecule has 0 atom stereocenters. The molecule has 102 valence electrons. The second-order valence-electron chi connectivity index (χ2n) is 4.78. The fourth-order valence-electron chi connectivity index (χ4n) is 2.16. The van der Waals surface area contributed by atoms with E-state index in [0.717, 1.165) is 5.52 Å². The lowest BCUT2D eigenvalue weighted by atomic mass is 10.2. The van der Waals surface area contributed by atoms with Crippen LogP contribution in [0, 0.1) is 6.92 Å². The van der Waals surface area contributed by atoms with Crippen LogP contribution in [0.4, 0.5) is 0 Å². The van der Waals surface area contributed by atoms with Crippen molar-refractivity contribution < 1.29 is 4.79 Å². The zero-order valence-electron chi connectivity index (χ0n) is 11.4. The van der Waals surface area contributed by atoms with Gasteiger partial charge in [0.1, 0.15) is 0 Å². The van der Waals surface area contributed by atoms with Crippen LogP contribution in [0.25, 0.3) is 5.52 Å². The molecule has 3 heterocycles. The minimum absolute atomic E-state index is 0.000926. The fraction of sp³-hybridized carbons (Fsp3) is 0.200. The van der Waals surface area contributed by atoms with Gasteiger partial charge in [-0.05, 0) is 36.1 Å². The van der Waals surface area contributed by atoms with Gasteiger partial charge in [0.25, 0.3) is 5.91 Å². The number of amides is 1. The average molecular weight is 285 g/mol. The molecule has 0 unspecified atom stereocenters. The zero-order chi connectivity index (χ0) is 14.1. The highest BCUT2D eigenvalue weighted by Crippen LogP contribution is 2.19. The van der Waals surface area contributed by atoms with Gasteiger partial charge in [0.05, 0.1) is 23.8 Å². The van der Waals surface area contributed by atoms with E-state index in [1.807, 2.05) is 31.4 Å². The van der Waals surface area contributed by atoms with Crippen molar-refractivity contribution in [1.82, 2.24) is 14.5 Å². The minimum Gasteiger partial charge on any atom is -0.336 e. The topological polar surface area (TPSA) is 37.6 Å². The molecule has 4 nitrogen and oxygen atoms in total. The molecule has 0 aliphatic carbocycles. The minimum atomic E-state index is -0.000926. The van der Waals surface area contributed by atoms with Crippen molar-refractivity contribution in [3.63, 3.8) is 0 Å². The van der Waals surface area contributed by atoms with E-state index in [-0.39, 0.29) is 5.91 Å². The quantitative estimate of drug-likeness (QED) is 0.742. The van der Waals surface area contributed by atoms with E-state index < -0.39 is 0 Å². The van der Waals surface area contributed by atoms with Crippen LogP contribution in [-0.4, -0.2) is 27.5 Å². The van der Waals surface area contributed by atoms with Gasteiger partial charge in [-0.2, -0.15) is 5.10 Å². The third-order valence-corrected chi connectivity index (χ3v) is 4.36. The summed E-state index contributed by atoms with van der Waals surface area (Å²) in [7, 11) is 1.83. The lowest BCUT2D eigenvalue weighted by Gasteiger charge is -2.16. The zero-order valence-corrected chi connectivity index (χ0v) is 12.2. The van der Waals surface area contributed by atoms with Crippen LogP contribution in [0.15, 0.2) is 42.0 Å². The van der Waals surface area contributed by atoms with Crippen LogP contribution in [-0.2, 0) is 6.54 Å². The van der Waals surface area contributed by atoms with Crippen molar-refractivity contribution in [2.75, 3.05) is 7.05 Å². The second-order valence-corrected chi connectivity index (χ2v) is 5.78. The van der Waals surface area contributed by atoms with Crippen LogP contribution in [0.1, 0.15) is 20.8 Å². The first-order valence-corrected chi connectivity index (χ1v) is 7.25. The van der Waals surface area contributed by atoms with E-state index in [9.17, 15) is 4.79 Å². The van der Waals surface area contributed by atoms with Crippen molar-refractivity contribution >= 4 is 22.8 Å². The molecule has 5 heteroatoms. The standard InChI is InChI=1S/C15H15N3OS/c1-11-6-8-20-14(11)10-17(2)15(19)12-9-16-18-7-4-3-5-13(12)18/h3-9H,10H2,1-2H3. The number of carbonyl (C=O) groups is 1. The largest absolute Gasteiger partial charge is 0.336 e. The molecular formula is C15H15N3OS. The highest BCUT2D eigenvalue weighted by molar-refractivity contribution is 7.10. The van der Waals surface area contributed by atoms with Crippen molar-refractivity contribution in [3.8, 4) is 0 Å². The Hall–Kier alpha value is -2.14. The normalized spacial score (nSPS) is 10.9. The molecule has 0 radical (unpaired) electrons. The van der Waals surface area contributed by atoms with Crippen molar-refractivity contribution in [3.05, 3.63) is 58.0 Å². The number of fused-ring (bicyclic) bond motifs is 1. The van der Waals surface area contributed by atoms with Crippen LogP contribution < -0.4 is 0 Å². The highest BCUT2D eigenvalue weighted by Gasteiger charge is 2.17. The highest BCUT2D eigenvalue weighted by atomic mass is 32.1. The summed E-state index contributed by atoms with van der Waals surface area (Å²) in [4.78, 5) is 15.5. The van der Waals surface area contributed by atoms with E-state index in [2.05, 4.69) is 23.5 Å². The molecule has 0 aromatic carbocycles. The molecule has 0 fully saturated rings. The third kappa shape index (κ3) is 2.20. The molecule has 0 bridgehead atoms. The van der Waals surface area contributed by atoms with Gasteiger partial charge < -0.3 is 4.90 Å². The molecule has 1 amide bonds. The van der Waals surface area contributed by atoms with Gasteiger partial charge in [-0.1, -0.05) is 6.07 Å². The van der Waals surface area contributed by atoms with E-state index in [1.165, 1.54) is 10.4 Å². The third-order valence-electron chi connectivity index (χ3n) is 3.35. The number of hydrogen-bond donors (Lipinski definition) is 0. The van der Waals surface area contributed by atoms with E-state index in [0.29, 0.717) is 12.1 Å². The van der Waals surface area contributed by atoms with Crippen molar-refractivity contribution in [2.45, 2.75) is 13.5 Å². The Bertz CT molecular complexity index is 759. The lowest BCUT2D eigenvalue weighted by Crippen LogP contribution is -2.25. The number of aryl methyl sites for hydroxylation is 1. The number of carbonyl (C=O) groups excluding carboxylic acids is 1. The summed E-state index contributed by atoms with van der Waals surface area (Å²) in [6.07, 6.45) is 3.48. The molecule has 0 spiro atoms. The van der Waals surface area contributed by atoms with Gasteiger partial charge in [-0.15, -0.1) is 11.3 Å². The molecule has 0 N–H and O–H groups in total. The predicted molar refractivity (Wildman–Crippen MR) is 80.0 cm³/mol. The summed E-state index contributed by atoms with van der Waals surface area (Å²) in [6, 6.07) is 7.79. The predicted octanol–water partition coefficient (Wildman–Crippen LogP) is 2.98. The smallest absolute Gasteiger partial charge is 0.257 e. The Morgan fingerprint density at radius 1 is 1.40 bits per heavy atom. The summed E-state index contributed by atoms with van der Waals surface area (Å²) in [5.74, 6) is -0.000926. The van der Waals surface area contributed by atoms with Gasteiger partial charge in [-0.3, -0.25) is 4.79 Å². The monoisotopic (exact) mass is 285 g/mol. The van der Waals surface area contributed by atoms with Gasteiger partial charge in [-0.25, -0.2) is 4.52 Å². The van der Waals surface area contributed by atoms with Gasteiger partial charge in [0.2, 0.25) is 0 Å². The van der Waals surface area contributed by atoms with Gasteiger partial charge in [0.15, 0.2) is 0 Å². The second kappa shape index (κ2) is 5.09. The van der Waals surface area contributed by atoms with Crippen molar-refractivity contribution in [2.24, 2.45) is 0 Å². The maximum absolute atomic E-state index is 12.5. The first kappa shape index (κ1) is 12.9. The molecule has 3 rings (SSSR count). The molecular weight excluding hydrogens is 270 g/mol. The maximum atomic E-state index is 12.5. The van der Waals surface area contributed by atoms with Gasteiger partial charge in [0, 0.05) is 18.1 Å². The van der Waals surface area contributed by atoms with Crippen molar-refractivity contribution in [1.29, 1.82) is 0 Å². The number of aromatic nitrogens is 2. The van der Waals surface area contributed by atoms with Gasteiger partial charge >= 0.3 is 0 Å². The Balaban J connectivity index is 1.87. The summed E-state index contributed by atoms with van der Waals surface area (Å²) >= 11 is 1.68. The number of hydrogen-bond acceptors (Lipinski definition) is 3. The summed E-state index contributed by atoms with van der Waals surface area (Å²) < 4.78 is 1.72.